The first-order chi connectivity index (χ1) is 8.98. The third kappa shape index (κ3) is 3.80. The minimum Gasteiger partial charge on any atom is -0.325 e. The van der Waals surface area contributed by atoms with Crippen molar-refractivity contribution in [2.24, 2.45) is 5.73 Å². The molecule has 0 unspecified atom stereocenters. The lowest BCUT2D eigenvalue weighted by atomic mass is 9.80. The van der Waals surface area contributed by atoms with Crippen molar-refractivity contribution in [3.8, 4) is 0 Å². The van der Waals surface area contributed by atoms with Crippen LogP contribution in [0.3, 0.4) is 0 Å². The Bertz CT molecular complexity index is 432. The fourth-order valence-corrected chi connectivity index (χ4v) is 2.64. The Kier molecular flexibility index (Phi) is 4.24. The van der Waals surface area contributed by atoms with Crippen molar-refractivity contribution in [2.75, 3.05) is 5.32 Å². The molecule has 106 valence electrons. The third-order valence-corrected chi connectivity index (χ3v) is 3.78. The number of carbonyl (C=O) groups is 1. The van der Waals surface area contributed by atoms with Crippen molar-refractivity contribution in [3.63, 3.8) is 0 Å². The fourth-order valence-electron chi connectivity index (χ4n) is 2.64. The molecule has 3 N–H and O–H groups in total. The Balaban J connectivity index is 1.89. The van der Waals surface area contributed by atoms with Crippen LogP contribution in [0, 0.1) is 0 Å². The molecule has 1 saturated carbocycles. The number of rotatable bonds is 4. The summed E-state index contributed by atoms with van der Waals surface area (Å²) in [6.07, 6.45) is 9.34. The molecule has 0 bridgehead atoms. The standard InChI is InChI=1S/C14H24N4O/c1-11(2)18-10-12(9-16-18)17-13(19)8-14(15)6-4-3-5-7-14/h9-11H,3-8,15H2,1-2H3,(H,17,19). The maximum absolute atomic E-state index is 12.0. The highest BCUT2D eigenvalue weighted by Gasteiger charge is 2.30. The molecular formula is C14H24N4O. The molecule has 19 heavy (non-hydrogen) atoms. The van der Waals surface area contributed by atoms with E-state index in [9.17, 15) is 4.79 Å². The van der Waals surface area contributed by atoms with Crippen LogP contribution < -0.4 is 11.1 Å². The van der Waals surface area contributed by atoms with Crippen LogP contribution in [-0.4, -0.2) is 21.2 Å². The predicted molar refractivity (Wildman–Crippen MR) is 75.9 cm³/mol. The van der Waals surface area contributed by atoms with E-state index in [1.165, 1.54) is 6.42 Å². The molecule has 2 rings (SSSR count). The lowest BCUT2D eigenvalue weighted by Crippen LogP contribution is -2.44. The number of anilines is 1. The van der Waals surface area contributed by atoms with Gasteiger partial charge in [0, 0.05) is 24.2 Å². The van der Waals surface area contributed by atoms with E-state index in [-0.39, 0.29) is 11.4 Å². The topological polar surface area (TPSA) is 72.9 Å². The van der Waals surface area contributed by atoms with Crippen molar-refractivity contribution < 1.29 is 4.79 Å². The summed E-state index contributed by atoms with van der Waals surface area (Å²) in [5.41, 5.74) is 6.72. The summed E-state index contributed by atoms with van der Waals surface area (Å²) in [6.45, 7) is 4.10. The Morgan fingerprint density at radius 1 is 1.47 bits per heavy atom. The molecular weight excluding hydrogens is 240 g/mol. The molecule has 1 amide bonds. The van der Waals surface area contributed by atoms with Crippen molar-refractivity contribution in [3.05, 3.63) is 12.4 Å². The molecule has 0 radical (unpaired) electrons. The van der Waals surface area contributed by atoms with Gasteiger partial charge in [-0.2, -0.15) is 5.10 Å². The second-order valence-corrected chi connectivity index (χ2v) is 5.95. The van der Waals surface area contributed by atoms with Crippen molar-refractivity contribution in [1.82, 2.24) is 9.78 Å². The number of nitrogens with two attached hydrogens (primary N) is 1. The van der Waals surface area contributed by atoms with Crippen molar-refractivity contribution in [2.45, 2.75) is 64.0 Å². The van der Waals surface area contributed by atoms with Gasteiger partial charge in [-0.1, -0.05) is 19.3 Å². The molecule has 5 nitrogen and oxygen atoms in total. The Morgan fingerprint density at radius 2 is 2.16 bits per heavy atom. The van der Waals surface area contributed by atoms with E-state index in [0.717, 1.165) is 31.4 Å². The van der Waals surface area contributed by atoms with Gasteiger partial charge in [-0.25, -0.2) is 0 Å². The van der Waals surface area contributed by atoms with Gasteiger partial charge in [0.25, 0.3) is 0 Å². The zero-order chi connectivity index (χ0) is 13.9. The van der Waals surface area contributed by atoms with Crippen LogP contribution in [-0.2, 0) is 4.79 Å². The highest BCUT2D eigenvalue weighted by Crippen LogP contribution is 2.28. The predicted octanol–water partition coefficient (Wildman–Crippen LogP) is 2.45. The average molecular weight is 264 g/mol. The summed E-state index contributed by atoms with van der Waals surface area (Å²) in [6, 6.07) is 0.296. The molecule has 1 aromatic rings. The highest BCUT2D eigenvalue weighted by molar-refractivity contribution is 5.91. The van der Waals surface area contributed by atoms with Gasteiger partial charge in [-0.05, 0) is 26.7 Å². The van der Waals surface area contributed by atoms with Crippen LogP contribution in [0.2, 0.25) is 0 Å². The first-order valence-corrected chi connectivity index (χ1v) is 7.11. The SMILES string of the molecule is CC(C)n1cc(NC(=O)CC2(N)CCCCC2)cn1. The number of hydrogen-bond donors (Lipinski definition) is 2. The van der Waals surface area contributed by atoms with E-state index in [2.05, 4.69) is 24.3 Å². The van der Waals surface area contributed by atoms with Crippen LogP contribution in [0.25, 0.3) is 0 Å². The van der Waals surface area contributed by atoms with Crippen LogP contribution in [0.1, 0.15) is 58.4 Å². The summed E-state index contributed by atoms with van der Waals surface area (Å²) >= 11 is 0. The molecule has 5 heteroatoms. The first kappa shape index (κ1) is 14.1. The van der Waals surface area contributed by atoms with E-state index >= 15 is 0 Å². The first-order valence-electron chi connectivity index (χ1n) is 7.11. The van der Waals surface area contributed by atoms with Gasteiger partial charge in [0.1, 0.15) is 0 Å². The number of nitrogens with zero attached hydrogens (tertiary/aromatic N) is 2. The van der Waals surface area contributed by atoms with Gasteiger partial charge in [0.2, 0.25) is 5.91 Å². The summed E-state index contributed by atoms with van der Waals surface area (Å²) in [4.78, 5) is 12.0. The Labute approximate surface area is 114 Å². The molecule has 0 spiro atoms. The summed E-state index contributed by atoms with van der Waals surface area (Å²) in [5.74, 6) is -0.00675. The van der Waals surface area contributed by atoms with Crippen LogP contribution in [0.4, 0.5) is 5.69 Å². The second-order valence-electron chi connectivity index (χ2n) is 5.95. The quantitative estimate of drug-likeness (QED) is 0.877. The van der Waals surface area contributed by atoms with Gasteiger partial charge in [0.15, 0.2) is 0 Å². The molecule has 0 aliphatic heterocycles. The van der Waals surface area contributed by atoms with E-state index in [0.29, 0.717) is 12.5 Å². The summed E-state index contributed by atoms with van der Waals surface area (Å²) in [7, 11) is 0. The van der Waals surface area contributed by atoms with Crippen molar-refractivity contribution >= 4 is 11.6 Å². The van der Waals surface area contributed by atoms with Crippen LogP contribution in [0.5, 0.6) is 0 Å². The minimum atomic E-state index is -0.309. The molecule has 1 aliphatic carbocycles. The Morgan fingerprint density at radius 3 is 2.74 bits per heavy atom. The molecule has 1 aliphatic rings. The van der Waals surface area contributed by atoms with E-state index in [1.807, 2.05) is 10.9 Å². The normalized spacial score (nSPS) is 18.5. The number of carbonyl (C=O) groups excluding carboxylic acids is 1. The zero-order valence-corrected chi connectivity index (χ0v) is 11.9. The van der Waals surface area contributed by atoms with Gasteiger partial charge in [-0.15, -0.1) is 0 Å². The molecule has 0 aromatic carbocycles. The maximum atomic E-state index is 12.0. The monoisotopic (exact) mass is 264 g/mol. The number of aromatic nitrogens is 2. The average Bonchev–Trinajstić information content (AvgIpc) is 2.77. The maximum Gasteiger partial charge on any atom is 0.226 e. The molecule has 0 saturated heterocycles. The number of amides is 1. The van der Waals surface area contributed by atoms with E-state index in [1.54, 1.807) is 6.20 Å². The minimum absolute atomic E-state index is 0.00675. The molecule has 1 heterocycles. The third-order valence-electron chi connectivity index (χ3n) is 3.78. The van der Waals surface area contributed by atoms with Gasteiger partial charge >= 0.3 is 0 Å². The zero-order valence-electron chi connectivity index (χ0n) is 11.9. The fraction of sp³-hybridized carbons (Fsp3) is 0.714. The second kappa shape index (κ2) is 5.74. The van der Waals surface area contributed by atoms with E-state index in [4.69, 9.17) is 5.73 Å². The number of nitrogens with one attached hydrogen (secondary N) is 1. The Hall–Kier alpha value is -1.36. The van der Waals surface area contributed by atoms with Gasteiger partial charge in [0.05, 0.1) is 11.9 Å². The van der Waals surface area contributed by atoms with E-state index < -0.39 is 0 Å². The lowest BCUT2D eigenvalue weighted by molar-refractivity contribution is -0.117. The molecule has 0 atom stereocenters. The smallest absolute Gasteiger partial charge is 0.226 e. The summed E-state index contributed by atoms with van der Waals surface area (Å²) in [5, 5.41) is 7.09. The molecule has 1 fully saturated rings. The van der Waals surface area contributed by atoms with Gasteiger partial charge in [-0.3, -0.25) is 9.48 Å². The summed E-state index contributed by atoms with van der Waals surface area (Å²) < 4.78 is 1.83. The van der Waals surface area contributed by atoms with Crippen LogP contribution in [0.15, 0.2) is 12.4 Å². The molecule has 1 aromatic heterocycles. The lowest BCUT2D eigenvalue weighted by Gasteiger charge is -2.32. The largest absolute Gasteiger partial charge is 0.325 e. The highest BCUT2D eigenvalue weighted by atomic mass is 16.1. The van der Waals surface area contributed by atoms with Crippen LogP contribution >= 0.6 is 0 Å². The number of hydrogen-bond acceptors (Lipinski definition) is 3. The van der Waals surface area contributed by atoms with Gasteiger partial charge < -0.3 is 11.1 Å². The van der Waals surface area contributed by atoms with Crippen molar-refractivity contribution in [1.29, 1.82) is 0 Å².